The summed E-state index contributed by atoms with van der Waals surface area (Å²) in [7, 11) is 0. The number of carbonyl (C=O) groups excluding carboxylic acids is 4. The molecule has 11 heteroatoms. The van der Waals surface area contributed by atoms with E-state index in [0.717, 1.165) is 11.1 Å². The Morgan fingerprint density at radius 2 is 1.48 bits per heavy atom. The van der Waals surface area contributed by atoms with Crippen molar-refractivity contribution in [2.24, 2.45) is 22.4 Å². The number of hydrogen-bond acceptors (Lipinski definition) is 6. The van der Waals surface area contributed by atoms with Gasteiger partial charge in [0.25, 0.3) is 0 Å². The van der Waals surface area contributed by atoms with E-state index in [1.54, 1.807) is 0 Å². The molecular formula is C29H40N6O5. The highest BCUT2D eigenvalue weighted by molar-refractivity contribution is 5.92. The van der Waals surface area contributed by atoms with Crippen LogP contribution in [-0.2, 0) is 32.1 Å². The molecule has 0 aliphatic heterocycles. The summed E-state index contributed by atoms with van der Waals surface area (Å²) in [4.78, 5) is 54.6. The Bertz CT molecular complexity index is 1110. The van der Waals surface area contributed by atoms with Gasteiger partial charge in [-0.2, -0.15) is 0 Å². The summed E-state index contributed by atoms with van der Waals surface area (Å²) in [5.74, 6) is -1.04. The quantitative estimate of drug-likeness (QED) is 0.0912. The average molecular weight is 553 g/mol. The van der Waals surface area contributed by atoms with Crippen molar-refractivity contribution in [1.82, 2.24) is 16.0 Å². The Labute approximate surface area is 235 Å². The zero-order valence-electron chi connectivity index (χ0n) is 23.0. The van der Waals surface area contributed by atoms with Crippen LogP contribution in [-0.4, -0.2) is 54.8 Å². The third-order valence-corrected chi connectivity index (χ3v) is 5.90. The van der Waals surface area contributed by atoms with Gasteiger partial charge in [0.15, 0.2) is 5.96 Å². The SMILES string of the molecule is CC(C)C[C@H](NC(=O)OCc1ccccc1)C(=O)N[C@@H](Cc1ccccc1)C(=O)N[C@H](C=O)CCCN=C(N)N. The van der Waals surface area contributed by atoms with Crippen LogP contribution in [0.5, 0.6) is 0 Å². The van der Waals surface area contributed by atoms with Gasteiger partial charge in [-0.1, -0.05) is 74.5 Å². The molecule has 0 unspecified atom stereocenters. The van der Waals surface area contributed by atoms with E-state index in [-0.39, 0.29) is 24.9 Å². The molecule has 11 nitrogen and oxygen atoms in total. The second-order valence-corrected chi connectivity index (χ2v) is 9.84. The maximum atomic E-state index is 13.4. The molecule has 0 saturated heterocycles. The van der Waals surface area contributed by atoms with Crippen LogP contribution in [0.4, 0.5) is 4.79 Å². The lowest BCUT2D eigenvalue weighted by Gasteiger charge is -2.25. The molecule has 0 spiro atoms. The lowest BCUT2D eigenvalue weighted by molar-refractivity contribution is -0.131. The number of benzene rings is 2. The van der Waals surface area contributed by atoms with Gasteiger partial charge in [0.05, 0.1) is 6.04 Å². The normalized spacial score (nSPS) is 12.9. The highest BCUT2D eigenvalue weighted by atomic mass is 16.5. The zero-order valence-corrected chi connectivity index (χ0v) is 23.0. The molecule has 2 rings (SSSR count). The van der Waals surface area contributed by atoms with Crippen LogP contribution < -0.4 is 27.4 Å². The summed E-state index contributed by atoms with van der Waals surface area (Å²) >= 11 is 0. The summed E-state index contributed by atoms with van der Waals surface area (Å²) in [5.41, 5.74) is 12.3. The van der Waals surface area contributed by atoms with Crippen LogP contribution in [0, 0.1) is 5.92 Å². The molecule has 0 aliphatic carbocycles. The standard InChI is InChI=1S/C29H40N6O5/c1-20(2)16-24(35-29(39)40-19-22-12-7-4-8-13-22)27(38)34-25(17-21-10-5-3-6-11-21)26(37)33-23(18-36)14-9-15-32-28(30)31/h3-8,10-13,18,20,23-25H,9,14-17,19H2,1-2H3,(H,33,37)(H,34,38)(H,35,39)(H4,30,31,32)/t23-,24-,25-/m0/s1. The lowest BCUT2D eigenvalue weighted by Crippen LogP contribution is -2.56. The molecule has 3 atom stereocenters. The molecule has 2 aromatic rings. The van der Waals surface area contributed by atoms with E-state index in [4.69, 9.17) is 16.2 Å². The topological polar surface area (TPSA) is 178 Å². The molecule has 0 fully saturated rings. The third kappa shape index (κ3) is 12.4. The largest absolute Gasteiger partial charge is 0.445 e. The van der Waals surface area contributed by atoms with E-state index in [0.29, 0.717) is 32.1 Å². The average Bonchev–Trinajstić information content (AvgIpc) is 2.93. The minimum atomic E-state index is -0.994. The van der Waals surface area contributed by atoms with Gasteiger partial charge < -0.3 is 36.9 Å². The molecule has 0 aromatic heterocycles. The number of nitrogens with two attached hydrogens (primary N) is 2. The van der Waals surface area contributed by atoms with Gasteiger partial charge in [-0.15, -0.1) is 0 Å². The second kappa shape index (κ2) is 17.2. The number of guanidine groups is 1. The molecular weight excluding hydrogens is 512 g/mol. The van der Waals surface area contributed by atoms with Crippen molar-refractivity contribution in [2.75, 3.05) is 6.54 Å². The molecule has 2 aromatic carbocycles. The predicted molar refractivity (Wildman–Crippen MR) is 153 cm³/mol. The van der Waals surface area contributed by atoms with Gasteiger partial charge in [0.2, 0.25) is 11.8 Å². The summed E-state index contributed by atoms with van der Waals surface area (Å²) in [6.45, 7) is 4.21. The van der Waals surface area contributed by atoms with E-state index in [1.807, 2.05) is 74.5 Å². The number of nitrogens with zero attached hydrogens (tertiary/aromatic N) is 1. The number of alkyl carbamates (subject to hydrolysis) is 1. The molecule has 216 valence electrons. The number of hydrogen-bond donors (Lipinski definition) is 5. The first-order valence-corrected chi connectivity index (χ1v) is 13.3. The van der Waals surface area contributed by atoms with Crippen molar-refractivity contribution < 1.29 is 23.9 Å². The van der Waals surface area contributed by atoms with Gasteiger partial charge in [-0.3, -0.25) is 14.6 Å². The molecule has 0 saturated carbocycles. The molecule has 0 radical (unpaired) electrons. The molecule has 7 N–H and O–H groups in total. The fourth-order valence-electron chi connectivity index (χ4n) is 3.92. The Morgan fingerprint density at radius 3 is 2.05 bits per heavy atom. The van der Waals surface area contributed by atoms with Crippen molar-refractivity contribution >= 4 is 30.2 Å². The Morgan fingerprint density at radius 1 is 0.875 bits per heavy atom. The number of aldehydes is 1. The van der Waals surface area contributed by atoms with E-state index in [2.05, 4.69) is 20.9 Å². The highest BCUT2D eigenvalue weighted by Gasteiger charge is 2.29. The molecule has 3 amide bonds. The van der Waals surface area contributed by atoms with E-state index < -0.39 is 36.0 Å². The van der Waals surface area contributed by atoms with Crippen molar-refractivity contribution in [3.8, 4) is 0 Å². The van der Waals surface area contributed by atoms with Crippen molar-refractivity contribution in [1.29, 1.82) is 0 Å². The fraction of sp³-hybridized carbons (Fsp3) is 0.414. The Kier molecular flexibility index (Phi) is 13.7. The first kappa shape index (κ1) is 31.8. The zero-order chi connectivity index (χ0) is 29.3. The van der Waals surface area contributed by atoms with Crippen LogP contribution in [0.2, 0.25) is 0 Å². The first-order valence-electron chi connectivity index (χ1n) is 13.3. The monoisotopic (exact) mass is 552 g/mol. The van der Waals surface area contributed by atoms with Crippen molar-refractivity contribution in [2.45, 2.75) is 64.3 Å². The number of ether oxygens (including phenoxy) is 1. The number of aliphatic imine (C=N–C) groups is 1. The molecule has 40 heavy (non-hydrogen) atoms. The Balaban J connectivity index is 2.10. The lowest BCUT2D eigenvalue weighted by atomic mass is 10.0. The smallest absolute Gasteiger partial charge is 0.408 e. The molecule has 0 bridgehead atoms. The summed E-state index contributed by atoms with van der Waals surface area (Å²) < 4.78 is 5.29. The first-order chi connectivity index (χ1) is 19.2. The predicted octanol–water partition coefficient (Wildman–Crippen LogP) is 1.79. The third-order valence-electron chi connectivity index (χ3n) is 5.90. The maximum absolute atomic E-state index is 13.4. The van der Waals surface area contributed by atoms with E-state index in [1.165, 1.54) is 0 Å². The van der Waals surface area contributed by atoms with E-state index in [9.17, 15) is 19.2 Å². The van der Waals surface area contributed by atoms with Crippen LogP contribution in [0.15, 0.2) is 65.7 Å². The Hall–Kier alpha value is -4.41. The molecule has 0 aliphatic rings. The maximum Gasteiger partial charge on any atom is 0.408 e. The van der Waals surface area contributed by atoms with Crippen LogP contribution in [0.3, 0.4) is 0 Å². The number of carbonyl (C=O) groups is 4. The highest BCUT2D eigenvalue weighted by Crippen LogP contribution is 2.09. The van der Waals surface area contributed by atoms with Crippen molar-refractivity contribution in [3.63, 3.8) is 0 Å². The summed E-state index contributed by atoms with van der Waals surface area (Å²) in [6, 6.07) is 15.7. The van der Waals surface area contributed by atoms with Crippen molar-refractivity contribution in [3.05, 3.63) is 71.8 Å². The van der Waals surface area contributed by atoms with Gasteiger partial charge in [-0.25, -0.2) is 4.79 Å². The van der Waals surface area contributed by atoms with Crippen LogP contribution >= 0.6 is 0 Å². The van der Waals surface area contributed by atoms with E-state index >= 15 is 0 Å². The number of nitrogens with one attached hydrogen (secondary N) is 3. The summed E-state index contributed by atoms with van der Waals surface area (Å²) in [5, 5.41) is 8.09. The van der Waals surface area contributed by atoms with Gasteiger partial charge >= 0.3 is 6.09 Å². The van der Waals surface area contributed by atoms with Crippen LogP contribution in [0.1, 0.15) is 44.2 Å². The van der Waals surface area contributed by atoms with Gasteiger partial charge in [0.1, 0.15) is 25.0 Å². The minimum absolute atomic E-state index is 0.0502. The fourth-order valence-corrected chi connectivity index (χ4v) is 3.92. The number of amides is 3. The minimum Gasteiger partial charge on any atom is -0.445 e. The molecule has 0 heterocycles. The number of rotatable bonds is 16. The summed E-state index contributed by atoms with van der Waals surface area (Å²) in [6.07, 6.45) is 1.21. The second-order valence-electron chi connectivity index (χ2n) is 9.84. The van der Waals surface area contributed by atoms with Crippen LogP contribution in [0.25, 0.3) is 0 Å². The van der Waals surface area contributed by atoms with Gasteiger partial charge in [0, 0.05) is 13.0 Å². The van der Waals surface area contributed by atoms with Gasteiger partial charge in [-0.05, 0) is 36.3 Å².